The normalized spacial score (nSPS) is 14.6. The molecule has 0 unspecified atom stereocenters. The highest BCUT2D eigenvalue weighted by Gasteiger charge is 2.19. The molecule has 130 valence electrons. The van der Waals surface area contributed by atoms with Crippen molar-refractivity contribution >= 4 is 17.5 Å². The summed E-state index contributed by atoms with van der Waals surface area (Å²) in [6.07, 6.45) is 1.13. The first kappa shape index (κ1) is 17.2. The highest BCUT2D eigenvalue weighted by Crippen LogP contribution is 2.24. The first-order chi connectivity index (χ1) is 12.0. The van der Waals surface area contributed by atoms with Gasteiger partial charge < -0.3 is 15.5 Å². The number of aryl methyl sites for hydroxylation is 1. The molecule has 5 nitrogen and oxygen atoms in total. The Kier molecular flexibility index (Phi) is 5.14. The molecule has 2 amide bonds. The molecule has 25 heavy (non-hydrogen) atoms. The van der Waals surface area contributed by atoms with Crippen molar-refractivity contribution in [2.24, 2.45) is 0 Å². The van der Waals surface area contributed by atoms with Crippen LogP contribution >= 0.6 is 0 Å². The van der Waals surface area contributed by atoms with Crippen LogP contribution in [-0.2, 0) is 11.2 Å². The Labute approximate surface area is 148 Å². The van der Waals surface area contributed by atoms with Crippen LogP contribution in [0.3, 0.4) is 0 Å². The van der Waals surface area contributed by atoms with Crippen LogP contribution in [-0.4, -0.2) is 37.4 Å². The molecule has 1 aliphatic rings. The molecule has 2 N–H and O–H groups in total. The highest BCUT2D eigenvalue weighted by atomic mass is 16.2. The van der Waals surface area contributed by atoms with Gasteiger partial charge in [0.2, 0.25) is 5.91 Å². The third kappa shape index (κ3) is 4.25. The molecule has 3 rings (SSSR count). The van der Waals surface area contributed by atoms with Gasteiger partial charge in [-0.25, -0.2) is 0 Å². The van der Waals surface area contributed by atoms with E-state index >= 15 is 0 Å². The topological polar surface area (TPSA) is 61.4 Å². The average Bonchev–Trinajstić information content (AvgIpc) is 2.61. The van der Waals surface area contributed by atoms with Crippen molar-refractivity contribution in [1.29, 1.82) is 0 Å². The van der Waals surface area contributed by atoms with Gasteiger partial charge >= 0.3 is 0 Å². The predicted octanol–water partition coefficient (Wildman–Crippen LogP) is 2.60. The van der Waals surface area contributed by atoms with Gasteiger partial charge in [0.15, 0.2) is 0 Å². The molecule has 1 atom stereocenters. The van der Waals surface area contributed by atoms with E-state index in [1.807, 2.05) is 56.6 Å². The number of carbonyl (C=O) groups is 2. The van der Waals surface area contributed by atoms with Crippen LogP contribution in [0.25, 0.3) is 0 Å². The second-order valence-electron chi connectivity index (χ2n) is 6.62. The maximum atomic E-state index is 12.7. The third-order valence-corrected chi connectivity index (χ3v) is 4.32. The van der Waals surface area contributed by atoms with Crippen molar-refractivity contribution in [3.05, 3.63) is 65.2 Å². The molecule has 0 spiro atoms. The number of anilines is 1. The van der Waals surface area contributed by atoms with Crippen molar-refractivity contribution in [2.45, 2.75) is 18.9 Å². The maximum absolute atomic E-state index is 12.7. The van der Waals surface area contributed by atoms with Crippen LogP contribution in [0, 0.1) is 0 Å². The van der Waals surface area contributed by atoms with E-state index in [2.05, 4.69) is 15.5 Å². The van der Waals surface area contributed by atoms with Gasteiger partial charge in [-0.2, -0.15) is 0 Å². The van der Waals surface area contributed by atoms with Crippen molar-refractivity contribution < 1.29 is 9.59 Å². The van der Waals surface area contributed by atoms with Gasteiger partial charge in [0.1, 0.15) is 0 Å². The fourth-order valence-corrected chi connectivity index (χ4v) is 3.05. The number of fused-ring (bicyclic) bond motifs is 1. The molecule has 1 aliphatic heterocycles. The molecule has 5 heteroatoms. The molecular formula is C20H23N3O2. The van der Waals surface area contributed by atoms with Gasteiger partial charge in [0.05, 0.1) is 6.04 Å². The zero-order valence-electron chi connectivity index (χ0n) is 14.6. The number of nitrogens with zero attached hydrogens (tertiary/aromatic N) is 1. The summed E-state index contributed by atoms with van der Waals surface area (Å²) in [6.45, 7) is 0.719. The lowest BCUT2D eigenvalue weighted by molar-refractivity contribution is -0.116. The Morgan fingerprint density at radius 2 is 1.92 bits per heavy atom. The van der Waals surface area contributed by atoms with E-state index < -0.39 is 0 Å². The Morgan fingerprint density at radius 3 is 2.64 bits per heavy atom. The fraction of sp³-hybridized carbons (Fsp3) is 0.300. The molecule has 0 aromatic heterocycles. The first-order valence-electron chi connectivity index (χ1n) is 8.46. The van der Waals surface area contributed by atoms with Crippen LogP contribution in [0.2, 0.25) is 0 Å². The second-order valence-corrected chi connectivity index (χ2v) is 6.62. The van der Waals surface area contributed by atoms with Crippen molar-refractivity contribution in [2.75, 3.05) is 26.0 Å². The Morgan fingerprint density at radius 1 is 1.16 bits per heavy atom. The summed E-state index contributed by atoms with van der Waals surface area (Å²) in [5, 5.41) is 5.97. The second kappa shape index (κ2) is 7.49. The van der Waals surface area contributed by atoms with E-state index in [-0.39, 0.29) is 17.9 Å². The number of rotatable bonds is 5. The van der Waals surface area contributed by atoms with Gasteiger partial charge in [-0.3, -0.25) is 9.59 Å². The van der Waals surface area contributed by atoms with Gasteiger partial charge in [0, 0.05) is 24.2 Å². The minimum Gasteiger partial charge on any atom is -0.344 e. The van der Waals surface area contributed by atoms with Crippen molar-refractivity contribution in [3.63, 3.8) is 0 Å². The van der Waals surface area contributed by atoms with Gasteiger partial charge in [-0.15, -0.1) is 0 Å². The molecule has 0 bridgehead atoms. The fourth-order valence-electron chi connectivity index (χ4n) is 3.05. The predicted molar refractivity (Wildman–Crippen MR) is 98.6 cm³/mol. The standard InChI is InChI=1S/C20H23N3O2/c1-23(2)13-18(14-6-4-3-5-7-14)22-20(25)16-8-10-17-15(12-16)9-11-19(24)21-17/h3-8,10,12,18H,9,11,13H2,1-2H3,(H,21,24)(H,22,25)/t18-/m1/s1. The van der Waals surface area contributed by atoms with Gasteiger partial charge in [-0.05, 0) is 49.8 Å². The minimum atomic E-state index is -0.101. The zero-order valence-corrected chi connectivity index (χ0v) is 14.6. The minimum absolute atomic E-state index is 0.0276. The quantitative estimate of drug-likeness (QED) is 0.882. The summed E-state index contributed by atoms with van der Waals surface area (Å²) in [6, 6.07) is 15.3. The molecule has 2 aromatic carbocycles. The molecule has 2 aromatic rings. The lowest BCUT2D eigenvalue weighted by Gasteiger charge is -2.23. The molecule has 0 saturated heterocycles. The van der Waals surface area contributed by atoms with Crippen LogP contribution in [0.4, 0.5) is 5.69 Å². The van der Waals surface area contributed by atoms with Gasteiger partial charge in [0.25, 0.3) is 5.91 Å². The van der Waals surface area contributed by atoms with Crippen LogP contribution in [0.1, 0.15) is 33.9 Å². The average molecular weight is 337 g/mol. The molecular weight excluding hydrogens is 314 g/mol. The number of carbonyl (C=O) groups excluding carboxylic acids is 2. The molecule has 0 fully saturated rings. The largest absolute Gasteiger partial charge is 0.344 e. The van der Waals surface area contributed by atoms with Crippen molar-refractivity contribution in [1.82, 2.24) is 10.2 Å². The summed E-state index contributed by atoms with van der Waals surface area (Å²) in [7, 11) is 3.98. The van der Waals surface area contributed by atoms with E-state index in [0.29, 0.717) is 18.4 Å². The van der Waals surface area contributed by atoms with E-state index in [9.17, 15) is 9.59 Å². The number of nitrogens with one attached hydrogen (secondary N) is 2. The Balaban J connectivity index is 1.78. The number of hydrogen-bond donors (Lipinski definition) is 2. The lowest BCUT2D eigenvalue weighted by Crippen LogP contribution is -2.35. The van der Waals surface area contributed by atoms with Gasteiger partial charge in [-0.1, -0.05) is 30.3 Å². The van der Waals surface area contributed by atoms with E-state index in [1.165, 1.54) is 0 Å². The molecule has 0 radical (unpaired) electrons. The summed E-state index contributed by atoms with van der Waals surface area (Å²) in [5.74, 6) is -0.0739. The number of amides is 2. The maximum Gasteiger partial charge on any atom is 0.251 e. The number of benzene rings is 2. The summed E-state index contributed by atoms with van der Waals surface area (Å²) in [5.41, 5.74) is 3.51. The SMILES string of the molecule is CN(C)C[C@@H](NC(=O)c1ccc2c(c1)CCC(=O)N2)c1ccccc1. The van der Waals surface area contributed by atoms with Crippen LogP contribution in [0.15, 0.2) is 48.5 Å². The van der Waals surface area contributed by atoms with E-state index in [0.717, 1.165) is 23.4 Å². The molecule has 0 saturated carbocycles. The number of likely N-dealkylation sites (N-methyl/N-ethyl adjacent to an activating group) is 1. The smallest absolute Gasteiger partial charge is 0.251 e. The zero-order chi connectivity index (χ0) is 17.8. The Bertz CT molecular complexity index is 772. The molecule has 1 heterocycles. The van der Waals surface area contributed by atoms with E-state index in [1.54, 1.807) is 6.07 Å². The summed E-state index contributed by atoms with van der Waals surface area (Å²) in [4.78, 5) is 26.3. The molecule has 0 aliphatic carbocycles. The van der Waals surface area contributed by atoms with Crippen LogP contribution in [0.5, 0.6) is 0 Å². The summed E-state index contributed by atoms with van der Waals surface area (Å²) >= 11 is 0. The lowest BCUT2D eigenvalue weighted by atomic mass is 9.99. The third-order valence-electron chi connectivity index (χ3n) is 4.32. The Hall–Kier alpha value is -2.66. The van der Waals surface area contributed by atoms with E-state index in [4.69, 9.17) is 0 Å². The van der Waals surface area contributed by atoms with Crippen molar-refractivity contribution in [3.8, 4) is 0 Å². The first-order valence-corrected chi connectivity index (χ1v) is 8.46. The van der Waals surface area contributed by atoms with Crippen LogP contribution < -0.4 is 10.6 Å². The highest BCUT2D eigenvalue weighted by molar-refractivity contribution is 5.98. The summed E-state index contributed by atoms with van der Waals surface area (Å²) < 4.78 is 0. The monoisotopic (exact) mass is 337 g/mol. The number of hydrogen-bond acceptors (Lipinski definition) is 3.